The molecule has 0 saturated heterocycles. The van der Waals surface area contributed by atoms with Crippen molar-refractivity contribution in [1.29, 1.82) is 5.26 Å². The van der Waals surface area contributed by atoms with Crippen LogP contribution in [0.3, 0.4) is 0 Å². The van der Waals surface area contributed by atoms with Crippen molar-refractivity contribution >= 4 is 6.29 Å². The molecule has 0 spiro atoms. The van der Waals surface area contributed by atoms with Crippen LogP contribution in [0.25, 0.3) is 0 Å². The predicted molar refractivity (Wildman–Crippen MR) is 42.5 cm³/mol. The van der Waals surface area contributed by atoms with Crippen molar-refractivity contribution in [3.8, 4) is 6.07 Å². The molecule has 0 rings (SSSR count). The number of rotatable bonds is 8. The maximum Gasteiger partial charge on any atom is 0.122 e. The molecule has 0 radical (unpaired) electrons. The van der Waals surface area contributed by atoms with Gasteiger partial charge in [0.1, 0.15) is 6.29 Å². The lowest BCUT2D eigenvalue weighted by molar-refractivity contribution is -0.108. The standard InChI is InChI=1S/C8H13NO3/c9-3-1-5-11-7-8-12-6-2-4-10/h4H,1-2,5-8H2. The predicted octanol–water partition coefficient (Wildman–Crippen LogP) is 0.522. The zero-order valence-corrected chi connectivity index (χ0v) is 6.99. The Balaban J connectivity index is 2.82. The van der Waals surface area contributed by atoms with Crippen LogP contribution < -0.4 is 0 Å². The minimum atomic E-state index is 0.411. The molecule has 0 amide bonds. The highest BCUT2D eigenvalue weighted by Crippen LogP contribution is 1.82. The monoisotopic (exact) mass is 171 g/mol. The van der Waals surface area contributed by atoms with Crippen LogP contribution in [-0.4, -0.2) is 32.7 Å². The number of ether oxygens (including phenoxy) is 2. The molecule has 68 valence electrons. The molecule has 12 heavy (non-hydrogen) atoms. The van der Waals surface area contributed by atoms with Crippen LogP contribution in [0.4, 0.5) is 0 Å². The number of nitrogens with zero attached hydrogens (tertiary/aromatic N) is 1. The van der Waals surface area contributed by atoms with E-state index in [9.17, 15) is 4.79 Å². The zero-order chi connectivity index (χ0) is 9.07. The number of carbonyl (C=O) groups excluding carboxylic acids is 1. The highest BCUT2D eigenvalue weighted by Gasteiger charge is 1.88. The summed E-state index contributed by atoms with van der Waals surface area (Å²) >= 11 is 0. The van der Waals surface area contributed by atoms with Crippen molar-refractivity contribution in [2.45, 2.75) is 12.8 Å². The van der Waals surface area contributed by atoms with Gasteiger partial charge in [-0.1, -0.05) is 0 Å². The van der Waals surface area contributed by atoms with Gasteiger partial charge >= 0.3 is 0 Å². The third-order valence-electron chi connectivity index (χ3n) is 1.11. The van der Waals surface area contributed by atoms with E-state index in [0.717, 1.165) is 6.29 Å². The Bertz CT molecular complexity index is 142. The molecule has 0 bridgehead atoms. The molecule has 0 aromatic carbocycles. The van der Waals surface area contributed by atoms with E-state index in [1.54, 1.807) is 0 Å². The van der Waals surface area contributed by atoms with E-state index >= 15 is 0 Å². The summed E-state index contributed by atoms with van der Waals surface area (Å²) in [5.74, 6) is 0. The summed E-state index contributed by atoms with van der Waals surface area (Å²) in [6, 6.07) is 1.97. The van der Waals surface area contributed by atoms with Gasteiger partial charge in [-0.3, -0.25) is 0 Å². The summed E-state index contributed by atoms with van der Waals surface area (Å²) in [7, 11) is 0. The number of nitriles is 1. The quantitative estimate of drug-likeness (QED) is 0.394. The lowest BCUT2D eigenvalue weighted by Gasteiger charge is -2.01. The third-order valence-corrected chi connectivity index (χ3v) is 1.11. The fourth-order valence-electron chi connectivity index (χ4n) is 0.571. The van der Waals surface area contributed by atoms with Gasteiger partial charge < -0.3 is 14.3 Å². The van der Waals surface area contributed by atoms with E-state index in [1.165, 1.54) is 0 Å². The van der Waals surface area contributed by atoms with Gasteiger partial charge in [0, 0.05) is 6.42 Å². The fraction of sp³-hybridized carbons (Fsp3) is 0.750. The first-order valence-corrected chi connectivity index (χ1v) is 3.88. The van der Waals surface area contributed by atoms with Gasteiger partial charge in [-0.2, -0.15) is 5.26 Å². The Morgan fingerprint density at radius 3 is 2.42 bits per heavy atom. The molecule has 0 saturated carbocycles. The minimum absolute atomic E-state index is 0.411. The molecule has 0 aromatic heterocycles. The van der Waals surface area contributed by atoms with E-state index in [-0.39, 0.29) is 0 Å². The molecule has 0 unspecified atom stereocenters. The molecule has 0 atom stereocenters. The van der Waals surface area contributed by atoms with Gasteiger partial charge in [0.25, 0.3) is 0 Å². The topological polar surface area (TPSA) is 59.3 Å². The van der Waals surface area contributed by atoms with Gasteiger partial charge in [0.15, 0.2) is 0 Å². The summed E-state index contributed by atoms with van der Waals surface area (Å²) < 4.78 is 10.0. The molecule has 4 heteroatoms. The van der Waals surface area contributed by atoms with E-state index < -0.39 is 0 Å². The van der Waals surface area contributed by atoms with E-state index in [1.807, 2.05) is 6.07 Å². The van der Waals surface area contributed by atoms with Gasteiger partial charge in [0.05, 0.1) is 38.9 Å². The summed E-state index contributed by atoms with van der Waals surface area (Å²) in [6.45, 7) is 1.87. The Morgan fingerprint density at radius 2 is 1.83 bits per heavy atom. The summed E-state index contributed by atoms with van der Waals surface area (Å²) in [6.07, 6.45) is 1.66. The van der Waals surface area contributed by atoms with Crippen LogP contribution in [0.1, 0.15) is 12.8 Å². The Kier molecular flexibility index (Phi) is 9.31. The smallest absolute Gasteiger partial charge is 0.122 e. The molecule has 0 N–H and O–H groups in total. The Morgan fingerprint density at radius 1 is 1.17 bits per heavy atom. The second-order valence-corrected chi connectivity index (χ2v) is 2.09. The van der Waals surface area contributed by atoms with Gasteiger partial charge in [-0.15, -0.1) is 0 Å². The van der Waals surface area contributed by atoms with Crippen LogP contribution >= 0.6 is 0 Å². The minimum Gasteiger partial charge on any atom is -0.379 e. The van der Waals surface area contributed by atoms with E-state index in [2.05, 4.69) is 0 Å². The molecule has 4 nitrogen and oxygen atoms in total. The highest BCUT2D eigenvalue weighted by molar-refractivity contribution is 5.49. The van der Waals surface area contributed by atoms with Crippen molar-refractivity contribution in [3.05, 3.63) is 0 Å². The normalized spacial score (nSPS) is 9.25. The zero-order valence-electron chi connectivity index (χ0n) is 6.99. The van der Waals surface area contributed by atoms with Crippen molar-refractivity contribution in [2.75, 3.05) is 26.4 Å². The van der Waals surface area contributed by atoms with Gasteiger partial charge in [-0.05, 0) is 0 Å². The van der Waals surface area contributed by atoms with Gasteiger partial charge in [0.2, 0.25) is 0 Å². The Labute approximate surface area is 72.1 Å². The Hall–Kier alpha value is -0.920. The summed E-state index contributed by atoms with van der Waals surface area (Å²) in [4.78, 5) is 9.83. The first kappa shape index (κ1) is 11.1. The van der Waals surface area contributed by atoms with Crippen LogP contribution in [0.2, 0.25) is 0 Å². The molecule has 0 aliphatic heterocycles. The lowest BCUT2D eigenvalue weighted by atomic mass is 10.5. The van der Waals surface area contributed by atoms with Crippen LogP contribution in [0.5, 0.6) is 0 Å². The maximum atomic E-state index is 9.83. The van der Waals surface area contributed by atoms with E-state index in [0.29, 0.717) is 39.3 Å². The largest absolute Gasteiger partial charge is 0.379 e. The van der Waals surface area contributed by atoms with Crippen molar-refractivity contribution in [1.82, 2.24) is 0 Å². The maximum absolute atomic E-state index is 9.83. The number of hydrogen-bond donors (Lipinski definition) is 0. The molecular formula is C8H13NO3. The molecule has 0 heterocycles. The molecule has 0 aliphatic rings. The lowest BCUT2D eigenvalue weighted by Crippen LogP contribution is -2.06. The third kappa shape index (κ3) is 9.08. The van der Waals surface area contributed by atoms with Crippen LogP contribution in [0, 0.1) is 11.3 Å². The second-order valence-electron chi connectivity index (χ2n) is 2.09. The SMILES string of the molecule is N#CCCOCCOCCC=O. The van der Waals surface area contributed by atoms with Crippen LogP contribution in [-0.2, 0) is 14.3 Å². The van der Waals surface area contributed by atoms with Gasteiger partial charge in [-0.25, -0.2) is 0 Å². The number of aldehydes is 1. The second kappa shape index (κ2) is 10.1. The molecule has 0 aliphatic carbocycles. The fourth-order valence-corrected chi connectivity index (χ4v) is 0.571. The number of carbonyl (C=O) groups is 1. The van der Waals surface area contributed by atoms with Crippen molar-refractivity contribution in [3.63, 3.8) is 0 Å². The van der Waals surface area contributed by atoms with Crippen molar-refractivity contribution < 1.29 is 14.3 Å². The van der Waals surface area contributed by atoms with E-state index in [4.69, 9.17) is 14.7 Å². The molecule has 0 fully saturated rings. The summed E-state index contributed by atoms with van der Waals surface area (Å²) in [5.41, 5.74) is 0. The molecular weight excluding hydrogens is 158 g/mol. The molecule has 0 aromatic rings. The highest BCUT2D eigenvalue weighted by atomic mass is 16.5. The summed E-state index contributed by atoms with van der Waals surface area (Å²) in [5, 5.41) is 8.14. The average Bonchev–Trinajstić information content (AvgIpc) is 2.10. The van der Waals surface area contributed by atoms with Crippen LogP contribution in [0.15, 0.2) is 0 Å². The number of hydrogen-bond acceptors (Lipinski definition) is 4. The first-order chi connectivity index (χ1) is 5.91. The first-order valence-electron chi connectivity index (χ1n) is 3.88. The average molecular weight is 171 g/mol. The van der Waals surface area contributed by atoms with Crippen molar-refractivity contribution in [2.24, 2.45) is 0 Å².